The first-order valence-electron chi connectivity index (χ1n) is 10.4. The van der Waals surface area contributed by atoms with Crippen LogP contribution in [-0.4, -0.2) is 45.7 Å². The number of aliphatic hydroxyl groups is 1. The molecule has 5 saturated carbocycles. The molecule has 5 heteroatoms. The molecule has 4 bridgehead atoms. The van der Waals surface area contributed by atoms with Crippen LogP contribution in [0.5, 0.6) is 0 Å². The second kappa shape index (κ2) is 5.20. The summed E-state index contributed by atoms with van der Waals surface area (Å²) in [6.45, 7) is 1.83. The number of nitrogens with one attached hydrogen (secondary N) is 2. The standard InChI is InChI=1S/C20H31N4O/c21-13-24(6-2-1-3-7-24)20(4-5-20)18(22)23-17-15-8-14-9-16(17)12-19(25,10-14)11-15/h14-17,25H,1-12H2,(H2,22,23)/q+1. The second-order valence-electron chi connectivity index (χ2n) is 9.85. The predicted molar refractivity (Wildman–Crippen MR) is 94.6 cm³/mol. The van der Waals surface area contributed by atoms with E-state index in [2.05, 4.69) is 11.5 Å². The zero-order valence-electron chi connectivity index (χ0n) is 15.1. The molecule has 6 fully saturated rings. The molecule has 2 unspecified atom stereocenters. The number of rotatable bonds is 3. The summed E-state index contributed by atoms with van der Waals surface area (Å²) in [4.78, 5) is 0. The number of nitrogens with zero attached hydrogens (tertiary/aromatic N) is 2. The molecule has 5 nitrogen and oxygen atoms in total. The zero-order chi connectivity index (χ0) is 17.3. The number of likely N-dealkylation sites (tertiary alicyclic amines) is 1. The van der Waals surface area contributed by atoms with Gasteiger partial charge in [-0.25, -0.2) is 4.48 Å². The van der Waals surface area contributed by atoms with Gasteiger partial charge in [-0.15, -0.1) is 5.26 Å². The minimum Gasteiger partial charge on any atom is -0.390 e. The summed E-state index contributed by atoms with van der Waals surface area (Å²) in [5.74, 6) is 2.37. The third-order valence-corrected chi connectivity index (χ3v) is 8.33. The van der Waals surface area contributed by atoms with Crippen LogP contribution >= 0.6 is 0 Å². The highest BCUT2D eigenvalue weighted by molar-refractivity contribution is 5.91. The molecule has 3 N–H and O–H groups in total. The largest absolute Gasteiger partial charge is 0.390 e. The summed E-state index contributed by atoms with van der Waals surface area (Å²) >= 11 is 0. The Morgan fingerprint density at radius 1 is 1.08 bits per heavy atom. The fraction of sp³-hybridized carbons (Fsp3) is 0.900. The van der Waals surface area contributed by atoms with Gasteiger partial charge >= 0.3 is 6.19 Å². The van der Waals surface area contributed by atoms with Crippen molar-refractivity contribution < 1.29 is 9.59 Å². The van der Waals surface area contributed by atoms with Crippen LogP contribution in [0.4, 0.5) is 0 Å². The number of nitriles is 1. The summed E-state index contributed by atoms with van der Waals surface area (Å²) in [5, 5.41) is 33.3. The van der Waals surface area contributed by atoms with Crippen LogP contribution < -0.4 is 5.32 Å². The number of hydrogen-bond donors (Lipinski definition) is 3. The Morgan fingerprint density at radius 2 is 1.72 bits per heavy atom. The summed E-state index contributed by atoms with van der Waals surface area (Å²) < 4.78 is 0.480. The van der Waals surface area contributed by atoms with E-state index in [1.54, 1.807) is 0 Å². The lowest BCUT2D eigenvalue weighted by atomic mass is 9.52. The van der Waals surface area contributed by atoms with Crippen molar-refractivity contribution in [2.24, 2.45) is 17.8 Å². The molecule has 5 aliphatic carbocycles. The highest BCUT2D eigenvalue weighted by atomic mass is 16.3. The van der Waals surface area contributed by atoms with Crippen molar-refractivity contribution in [1.29, 1.82) is 10.7 Å². The summed E-state index contributed by atoms with van der Waals surface area (Å²) in [6, 6.07) is 0.352. The van der Waals surface area contributed by atoms with Crippen molar-refractivity contribution in [3.63, 3.8) is 0 Å². The third kappa shape index (κ3) is 2.23. The maximum Gasteiger partial charge on any atom is 0.309 e. The maximum atomic E-state index is 10.8. The summed E-state index contributed by atoms with van der Waals surface area (Å²) in [5.41, 5.74) is -0.665. The number of hydrogen-bond acceptors (Lipinski definition) is 3. The van der Waals surface area contributed by atoms with Crippen molar-refractivity contribution in [2.75, 3.05) is 13.1 Å². The van der Waals surface area contributed by atoms with Gasteiger partial charge in [0.2, 0.25) is 0 Å². The topological polar surface area (TPSA) is 79.9 Å². The Kier molecular flexibility index (Phi) is 3.35. The van der Waals surface area contributed by atoms with Gasteiger partial charge in [-0.05, 0) is 69.1 Å². The Morgan fingerprint density at radius 3 is 2.24 bits per heavy atom. The molecule has 136 valence electrons. The first-order chi connectivity index (χ1) is 12.0. The number of piperidine rings is 1. The van der Waals surface area contributed by atoms with Crippen molar-refractivity contribution in [1.82, 2.24) is 5.32 Å². The minimum absolute atomic E-state index is 0.249. The lowest BCUT2D eigenvalue weighted by Gasteiger charge is -2.58. The molecule has 0 aromatic heterocycles. The SMILES string of the molecule is N#C[N+]1(C2(C(=N)NC3C4CC5CC3CC(O)(C5)C4)CC2)CCCCC1. The van der Waals surface area contributed by atoms with Gasteiger partial charge in [-0.1, -0.05) is 0 Å². The molecule has 0 radical (unpaired) electrons. The predicted octanol–water partition coefficient (Wildman–Crippen LogP) is 2.51. The van der Waals surface area contributed by atoms with Crippen molar-refractivity contribution in [3.8, 4) is 6.19 Å². The van der Waals surface area contributed by atoms with Crippen LogP contribution in [0.15, 0.2) is 0 Å². The van der Waals surface area contributed by atoms with Gasteiger partial charge in [0, 0.05) is 18.9 Å². The number of amidine groups is 1. The van der Waals surface area contributed by atoms with E-state index < -0.39 is 5.60 Å². The molecule has 6 aliphatic rings. The monoisotopic (exact) mass is 343 g/mol. The molecule has 0 amide bonds. The van der Waals surface area contributed by atoms with E-state index in [1.807, 2.05) is 0 Å². The average Bonchev–Trinajstić information content (AvgIpc) is 3.39. The van der Waals surface area contributed by atoms with Crippen LogP contribution in [0, 0.1) is 34.6 Å². The zero-order valence-corrected chi connectivity index (χ0v) is 15.1. The Bertz CT molecular complexity index is 612. The van der Waals surface area contributed by atoms with Gasteiger partial charge in [0.05, 0.1) is 18.7 Å². The van der Waals surface area contributed by atoms with Gasteiger partial charge in [0.25, 0.3) is 0 Å². The molecule has 0 spiro atoms. The fourth-order valence-corrected chi connectivity index (χ4v) is 7.20. The van der Waals surface area contributed by atoms with Gasteiger partial charge in [-0.2, -0.15) is 0 Å². The quantitative estimate of drug-likeness (QED) is 0.319. The van der Waals surface area contributed by atoms with Crippen LogP contribution in [0.3, 0.4) is 0 Å². The molecule has 1 heterocycles. The summed E-state index contributed by atoms with van der Waals surface area (Å²) in [7, 11) is 0. The van der Waals surface area contributed by atoms with Gasteiger partial charge in [-0.3, -0.25) is 5.41 Å². The lowest BCUT2D eigenvalue weighted by molar-refractivity contribution is -0.896. The smallest absolute Gasteiger partial charge is 0.309 e. The first-order valence-corrected chi connectivity index (χ1v) is 10.4. The van der Waals surface area contributed by atoms with Crippen molar-refractivity contribution in [3.05, 3.63) is 0 Å². The average molecular weight is 343 g/mol. The van der Waals surface area contributed by atoms with E-state index in [1.165, 1.54) is 19.3 Å². The Balaban J connectivity index is 1.35. The van der Waals surface area contributed by atoms with Gasteiger partial charge in [0.15, 0.2) is 11.4 Å². The Hall–Kier alpha value is -1.12. The van der Waals surface area contributed by atoms with E-state index >= 15 is 0 Å². The fourth-order valence-electron chi connectivity index (χ4n) is 7.20. The molecule has 6 rings (SSSR count). The molecular weight excluding hydrogens is 312 g/mol. The maximum absolute atomic E-state index is 10.8. The van der Waals surface area contributed by atoms with Crippen LogP contribution in [0.25, 0.3) is 0 Å². The van der Waals surface area contributed by atoms with E-state index in [-0.39, 0.29) is 5.54 Å². The number of quaternary nitrogens is 1. The van der Waals surface area contributed by atoms with Crippen LogP contribution in [-0.2, 0) is 0 Å². The third-order valence-electron chi connectivity index (χ3n) is 8.33. The molecule has 1 saturated heterocycles. The van der Waals surface area contributed by atoms with Crippen molar-refractivity contribution in [2.45, 2.75) is 81.4 Å². The second-order valence-corrected chi connectivity index (χ2v) is 9.85. The first kappa shape index (κ1) is 16.1. The van der Waals surface area contributed by atoms with E-state index in [0.717, 1.165) is 58.0 Å². The van der Waals surface area contributed by atoms with E-state index in [4.69, 9.17) is 5.41 Å². The molecule has 0 aromatic rings. The minimum atomic E-state index is -0.415. The van der Waals surface area contributed by atoms with E-state index in [0.29, 0.717) is 34.1 Å². The highest BCUT2D eigenvalue weighted by Gasteiger charge is 2.66. The lowest BCUT2D eigenvalue weighted by Crippen LogP contribution is -2.66. The van der Waals surface area contributed by atoms with Crippen molar-refractivity contribution >= 4 is 5.84 Å². The molecule has 25 heavy (non-hydrogen) atoms. The molecular formula is C20H31N4O+. The normalized spacial score (nSPS) is 45.6. The molecule has 2 atom stereocenters. The highest BCUT2D eigenvalue weighted by Crippen LogP contribution is 2.56. The van der Waals surface area contributed by atoms with Gasteiger partial charge in [0.1, 0.15) is 0 Å². The molecule has 0 aromatic carbocycles. The molecule has 1 aliphatic heterocycles. The Labute approximate surface area is 150 Å². The van der Waals surface area contributed by atoms with Crippen LogP contribution in [0.2, 0.25) is 0 Å². The van der Waals surface area contributed by atoms with E-state index in [9.17, 15) is 10.4 Å². The van der Waals surface area contributed by atoms with Gasteiger partial charge < -0.3 is 10.4 Å². The summed E-state index contributed by atoms with van der Waals surface area (Å²) in [6.07, 6.45) is 13.3. The van der Waals surface area contributed by atoms with Crippen LogP contribution in [0.1, 0.15) is 64.2 Å².